The van der Waals surface area contributed by atoms with Crippen molar-refractivity contribution in [2.24, 2.45) is 23.7 Å². The normalized spacial score (nSPS) is 46.3. The standard InChI is InChI=1S/C33H53ClF2N6O3/c1-6-26(43)40-15-19(5)41(16-18(40)4)31-23-14-24(34)28-22-12-21(35)13-25(36)30(22)45-11-7-8-20-9-10-37-27(17(2)3)29(20)42(32(23)38-28)33(44)39-31/h6,17-25,27-32,37-38H,1,7-16H2,2-5H3,(H,39,44)/t18-,19+,20?,21?,22?,23?,24?,25?,27?,28?,29?,30?,31?,32?/m1/s1. The van der Waals surface area contributed by atoms with Crippen molar-refractivity contribution in [3.05, 3.63) is 12.7 Å². The number of alkyl halides is 3. The molecule has 0 spiro atoms. The van der Waals surface area contributed by atoms with E-state index < -0.39 is 35.8 Å². The summed E-state index contributed by atoms with van der Waals surface area (Å²) in [5.41, 5.74) is 0. The first-order chi connectivity index (χ1) is 21.5. The lowest BCUT2D eigenvalue weighted by molar-refractivity contribution is -0.136. The van der Waals surface area contributed by atoms with Gasteiger partial charge < -0.3 is 25.2 Å². The van der Waals surface area contributed by atoms with Crippen molar-refractivity contribution in [3.8, 4) is 0 Å². The minimum Gasteiger partial charge on any atom is -0.375 e. The molecule has 0 radical (unpaired) electrons. The van der Waals surface area contributed by atoms with E-state index >= 15 is 4.39 Å². The van der Waals surface area contributed by atoms with Gasteiger partial charge in [0.15, 0.2) is 0 Å². The third-order valence-corrected chi connectivity index (χ3v) is 12.2. The average Bonchev–Trinajstić information content (AvgIpc) is 2.99. The minimum atomic E-state index is -1.39. The summed E-state index contributed by atoms with van der Waals surface area (Å²) in [5.74, 6) is -0.0616. The van der Waals surface area contributed by atoms with Gasteiger partial charge in [0.25, 0.3) is 0 Å². The zero-order chi connectivity index (χ0) is 32.2. The van der Waals surface area contributed by atoms with Crippen LogP contribution in [0.25, 0.3) is 0 Å². The lowest BCUT2D eigenvalue weighted by Crippen LogP contribution is -2.80. The predicted molar refractivity (Wildman–Crippen MR) is 170 cm³/mol. The zero-order valence-corrected chi connectivity index (χ0v) is 28.0. The Bertz CT molecular complexity index is 1100. The molecular formula is C33H53ClF2N6O3. The zero-order valence-electron chi connectivity index (χ0n) is 27.2. The van der Waals surface area contributed by atoms with Crippen LogP contribution in [-0.2, 0) is 9.53 Å². The molecule has 1 saturated carbocycles. The molecule has 5 saturated heterocycles. The molecule has 0 aromatic rings. The lowest BCUT2D eigenvalue weighted by atomic mass is 9.72. The molecule has 12 unspecified atom stereocenters. The molecule has 2 bridgehead atoms. The SMILES string of the molecule is C=CC(=O)N1C[C@H](C)N(C2NC(=O)N3C4NC(C(Cl)CC42)C2CC(F)CC(F)C2OCCCC2CCNC(C(C)C)C23)C[C@H]1C. The number of carbonyl (C=O) groups excluding carboxylic acids is 2. The molecule has 0 aromatic carbocycles. The maximum Gasteiger partial charge on any atom is 0.320 e. The van der Waals surface area contributed by atoms with Crippen molar-refractivity contribution in [1.82, 2.24) is 30.7 Å². The third-order valence-electron chi connectivity index (χ3n) is 11.8. The van der Waals surface area contributed by atoms with Gasteiger partial charge in [-0.25, -0.2) is 13.6 Å². The first-order valence-electron chi connectivity index (χ1n) is 17.3. The second-order valence-electron chi connectivity index (χ2n) is 14.9. The van der Waals surface area contributed by atoms with Crippen molar-refractivity contribution in [2.75, 3.05) is 26.2 Å². The lowest BCUT2D eigenvalue weighted by Gasteiger charge is -2.61. The molecule has 3 N–H and O–H groups in total. The van der Waals surface area contributed by atoms with Crippen molar-refractivity contribution in [2.45, 2.75) is 133 Å². The van der Waals surface area contributed by atoms with Crippen LogP contribution in [0.15, 0.2) is 12.7 Å². The summed E-state index contributed by atoms with van der Waals surface area (Å²) in [6, 6.07) is -0.555. The average molecular weight is 655 g/mol. The highest BCUT2D eigenvalue weighted by Crippen LogP contribution is 2.44. The number of amides is 3. The van der Waals surface area contributed by atoms with Gasteiger partial charge in [-0.15, -0.1) is 11.6 Å². The van der Waals surface area contributed by atoms with Crippen LogP contribution in [-0.4, -0.2) is 119 Å². The Labute approximate surface area is 272 Å². The van der Waals surface area contributed by atoms with Crippen molar-refractivity contribution < 1.29 is 23.1 Å². The Kier molecular flexibility index (Phi) is 10.0. The highest BCUT2D eigenvalue weighted by atomic mass is 35.5. The van der Waals surface area contributed by atoms with E-state index in [4.69, 9.17) is 16.3 Å². The van der Waals surface area contributed by atoms with E-state index in [2.05, 4.69) is 53.1 Å². The second-order valence-corrected chi connectivity index (χ2v) is 15.5. The van der Waals surface area contributed by atoms with Gasteiger partial charge >= 0.3 is 6.03 Å². The summed E-state index contributed by atoms with van der Waals surface area (Å²) in [7, 11) is 0. The van der Waals surface area contributed by atoms with Gasteiger partial charge in [0.2, 0.25) is 5.91 Å². The Balaban J connectivity index is 1.39. The predicted octanol–water partition coefficient (Wildman–Crippen LogP) is 3.62. The Morgan fingerprint density at radius 3 is 2.60 bits per heavy atom. The molecule has 5 heterocycles. The fraction of sp³-hybridized carbons (Fsp3) is 0.879. The van der Waals surface area contributed by atoms with Gasteiger partial charge in [-0.2, -0.15) is 0 Å². The van der Waals surface area contributed by atoms with Crippen LogP contribution in [0.5, 0.6) is 0 Å². The number of ether oxygens (including phenoxy) is 1. The number of nitrogens with one attached hydrogen (secondary N) is 3. The van der Waals surface area contributed by atoms with Gasteiger partial charge in [-0.1, -0.05) is 20.4 Å². The number of piperazine rings is 1. The number of nitrogens with zero attached hydrogens (tertiary/aromatic N) is 3. The second kappa shape index (κ2) is 13.5. The largest absolute Gasteiger partial charge is 0.375 e. The van der Waals surface area contributed by atoms with Gasteiger partial charge in [0, 0.05) is 67.5 Å². The molecule has 3 amide bonds. The Morgan fingerprint density at radius 2 is 1.87 bits per heavy atom. The molecule has 0 aromatic heterocycles. The van der Waals surface area contributed by atoms with Crippen LogP contribution in [0.2, 0.25) is 0 Å². The highest BCUT2D eigenvalue weighted by Gasteiger charge is 2.57. The van der Waals surface area contributed by atoms with E-state index in [0.717, 1.165) is 25.8 Å². The maximum atomic E-state index is 15.5. The minimum absolute atomic E-state index is 0.0112. The molecule has 12 heteroatoms. The number of hydrogen-bond acceptors (Lipinski definition) is 6. The number of carbonyl (C=O) groups is 2. The topological polar surface area (TPSA) is 89.2 Å². The number of urea groups is 1. The van der Waals surface area contributed by atoms with Gasteiger partial charge in [0.05, 0.1) is 24.5 Å². The van der Waals surface area contributed by atoms with Crippen LogP contribution < -0.4 is 16.0 Å². The number of fused-ring (bicyclic) bond motifs is 5. The van der Waals surface area contributed by atoms with Crippen LogP contribution in [0.3, 0.4) is 0 Å². The third kappa shape index (κ3) is 6.25. The van der Waals surface area contributed by atoms with Crippen LogP contribution in [0, 0.1) is 23.7 Å². The van der Waals surface area contributed by atoms with Crippen LogP contribution in [0.4, 0.5) is 13.6 Å². The molecule has 254 valence electrons. The number of piperidine rings is 2. The van der Waals surface area contributed by atoms with E-state index in [1.165, 1.54) is 6.08 Å². The van der Waals surface area contributed by atoms with E-state index in [0.29, 0.717) is 32.0 Å². The maximum absolute atomic E-state index is 15.5. The first-order valence-corrected chi connectivity index (χ1v) is 17.7. The molecule has 6 rings (SSSR count). The van der Waals surface area contributed by atoms with Crippen molar-refractivity contribution in [3.63, 3.8) is 0 Å². The fourth-order valence-corrected chi connectivity index (χ4v) is 10.1. The van der Waals surface area contributed by atoms with Crippen molar-refractivity contribution >= 4 is 23.5 Å². The summed E-state index contributed by atoms with van der Waals surface area (Å²) >= 11 is 7.25. The Hall–Kier alpha value is -1.53. The Morgan fingerprint density at radius 1 is 1.09 bits per heavy atom. The number of halogens is 3. The molecule has 9 nitrogen and oxygen atoms in total. The molecule has 14 atom stereocenters. The summed E-state index contributed by atoms with van der Waals surface area (Å²) in [6.07, 6.45) is 0.499. The van der Waals surface area contributed by atoms with Gasteiger partial charge in [-0.3, -0.25) is 15.0 Å². The quantitative estimate of drug-likeness (QED) is 0.318. The van der Waals surface area contributed by atoms with Crippen LogP contribution >= 0.6 is 11.6 Å². The van der Waals surface area contributed by atoms with E-state index in [1.807, 2.05) is 11.8 Å². The molecule has 1 aliphatic carbocycles. The van der Waals surface area contributed by atoms with E-state index in [9.17, 15) is 14.0 Å². The van der Waals surface area contributed by atoms with Gasteiger partial charge in [-0.05, 0) is 70.4 Å². The van der Waals surface area contributed by atoms with E-state index in [-0.39, 0.29) is 73.1 Å². The highest BCUT2D eigenvalue weighted by molar-refractivity contribution is 6.21. The summed E-state index contributed by atoms with van der Waals surface area (Å²) in [5, 5.41) is 10.6. The number of hydrogen-bond donors (Lipinski definition) is 3. The van der Waals surface area contributed by atoms with Gasteiger partial charge in [0.1, 0.15) is 12.3 Å². The molecular weight excluding hydrogens is 602 g/mol. The molecule has 45 heavy (non-hydrogen) atoms. The molecule has 5 aliphatic heterocycles. The first kappa shape index (κ1) is 33.4. The fourth-order valence-electron chi connectivity index (χ4n) is 9.67. The molecule has 6 fully saturated rings. The smallest absolute Gasteiger partial charge is 0.320 e. The number of rotatable bonds is 3. The summed E-state index contributed by atoms with van der Waals surface area (Å²) < 4.78 is 36.7. The summed E-state index contributed by atoms with van der Waals surface area (Å²) in [4.78, 5) is 33.4. The molecule has 6 aliphatic rings. The van der Waals surface area contributed by atoms with E-state index in [1.54, 1.807) is 0 Å². The summed E-state index contributed by atoms with van der Waals surface area (Å²) in [6.45, 7) is 14.6. The van der Waals surface area contributed by atoms with Crippen molar-refractivity contribution in [1.29, 1.82) is 0 Å². The monoisotopic (exact) mass is 654 g/mol. The van der Waals surface area contributed by atoms with Crippen LogP contribution in [0.1, 0.15) is 66.2 Å².